The maximum atomic E-state index is 6.05. The summed E-state index contributed by atoms with van der Waals surface area (Å²) < 4.78 is 6.05. The van der Waals surface area contributed by atoms with Crippen LogP contribution in [0.15, 0.2) is 54.7 Å². The smallest absolute Gasteiger partial charge is 0.130 e. The molecule has 3 nitrogen and oxygen atoms in total. The fraction of sp³-hybridized carbons (Fsp3) is 0.167. The molecule has 1 aliphatic heterocycles. The van der Waals surface area contributed by atoms with Crippen LogP contribution in [0.2, 0.25) is 0 Å². The van der Waals surface area contributed by atoms with E-state index in [2.05, 4.69) is 35.3 Å². The number of benzene rings is 2. The van der Waals surface area contributed by atoms with E-state index >= 15 is 0 Å². The van der Waals surface area contributed by atoms with Crippen molar-refractivity contribution in [1.82, 2.24) is 4.98 Å². The number of fused-ring (bicyclic) bond motifs is 2. The summed E-state index contributed by atoms with van der Waals surface area (Å²) in [6.45, 7) is 0.547. The van der Waals surface area contributed by atoms with Crippen molar-refractivity contribution in [2.75, 3.05) is 6.54 Å². The lowest BCUT2D eigenvalue weighted by molar-refractivity contribution is 0.242. The van der Waals surface area contributed by atoms with Crippen molar-refractivity contribution in [3.05, 3.63) is 60.3 Å². The average Bonchev–Trinajstić information content (AvgIpc) is 2.97. The van der Waals surface area contributed by atoms with Gasteiger partial charge in [0.15, 0.2) is 0 Å². The van der Waals surface area contributed by atoms with Crippen molar-refractivity contribution >= 4 is 10.9 Å². The Balaban J connectivity index is 1.93. The SMILES string of the molecule is NCC1Cc2cccc(-c3ccnc4ccccc34)c2O1. The highest BCUT2D eigenvalue weighted by atomic mass is 16.5. The minimum absolute atomic E-state index is 0.0919. The maximum Gasteiger partial charge on any atom is 0.130 e. The monoisotopic (exact) mass is 276 g/mol. The van der Waals surface area contributed by atoms with Crippen LogP contribution in [0.5, 0.6) is 5.75 Å². The highest BCUT2D eigenvalue weighted by molar-refractivity contribution is 5.96. The van der Waals surface area contributed by atoms with Gasteiger partial charge in [0, 0.05) is 30.1 Å². The van der Waals surface area contributed by atoms with Gasteiger partial charge in [0.05, 0.1) is 5.52 Å². The number of pyridine rings is 1. The predicted molar refractivity (Wildman–Crippen MR) is 84.4 cm³/mol. The number of para-hydroxylation sites is 2. The average molecular weight is 276 g/mol. The molecule has 1 unspecified atom stereocenters. The molecule has 1 atom stereocenters. The van der Waals surface area contributed by atoms with Gasteiger partial charge in [-0.15, -0.1) is 0 Å². The van der Waals surface area contributed by atoms with Crippen LogP contribution in [-0.2, 0) is 6.42 Å². The van der Waals surface area contributed by atoms with E-state index in [0.717, 1.165) is 34.2 Å². The second kappa shape index (κ2) is 4.86. The van der Waals surface area contributed by atoms with E-state index in [1.807, 2.05) is 24.4 Å². The molecule has 0 spiro atoms. The standard InChI is InChI=1S/C18H16N2O/c19-11-13-10-12-4-3-6-16(18(12)21-13)14-8-9-20-17-7-2-1-5-15(14)17/h1-9,13H,10-11,19H2. The van der Waals surface area contributed by atoms with Gasteiger partial charge < -0.3 is 10.5 Å². The summed E-state index contributed by atoms with van der Waals surface area (Å²) in [5.74, 6) is 0.976. The summed E-state index contributed by atoms with van der Waals surface area (Å²) in [4.78, 5) is 4.43. The molecule has 2 N–H and O–H groups in total. The molecule has 2 heterocycles. The molecule has 0 saturated heterocycles. The normalized spacial score (nSPS) is 16.7. The van der Waals surface area contributed by atoms with Gasteiger partial charge in [-0.2, -0.15) is 0 Å². The zero-order chi connectivity index (χ0) is 14.2. The van der Waals surface area contributed by atoms with Crippen LogP contribution in [-0.4, -0.2) is 17.6 Å². The molecule has 0 aliphatic carbocycles. The highest BCUT2D eigenvalue weighted by Gasteiger charge is 2.25. The van der Waals surface area contributed by atoms with Crippen molar-refractivity contribution in [3.63, 3.8) is 0 Å². The Morgan fingerprint density at radius 3 is 2.86 bits per heavy atom. The molecule has 104 valence electrons. The molecule has 0 radical (unpaired) electrons. The van der Waals surface area contributed by atoms with Gasteiger partial charge in [-0.1, -0.05) is 36.4 Å². The lowest BCUT2D eigenvalue weighted by atomic mass is 9.98. The number of rotatable bonds is 2. The highest BCUT2D eigenvalue weighted by Crippen LogP contribution is 2.40. The molecule has 0 saturated carbocycles. The zero-order valence-corrected chi connectivity index (χ0v) is 11.6. The molecule has 0 amide bonds. The first kappa shape index (κ1) is 12.4. The third kappa shape index (κ3) is 1.98. The second-order valence-corrected chi connectivity index (χ2v) is 5.35. The van der Waals surface area contributed by atoms with Crippen molar-refractivity contribution in [3.8, 4) is 16.9 Å². The van der Waals surface area contributed by atoms with Crippen molar-refractivity contribution in [2.24, 2.45) is 5.73 Å². The Hall–Kier alpha value is -2.39. The largest absolute Gasteiger partial charge is 0.488 e. The van der Waals surface area contributed by atoms with E-state index in [1.165, 1.54) is 5.56 Å². The van der Waals surface area contributed by atoms with Crippen LogP contribution in [0.25, 0.3) is 22.0 Å². The van der Waals surface area contributed by atoms with E-state index < -0.39 is 0 Å². The quantitative estimate of drug-likeness (QED) is 0.782. The Bertz CT molecular complexity index is 808. The van der Waals surface area contributed by atoms with Crippen LogP contribution in [0.3, 0.4) is 0 Å². The molecular weight excluding hydrogens is 260 g/mol. The second-order valence-electron chi connectivity index (χ2n) is 5.35. The summed E-state index contributed by atoms with van der Waals surface area (Å²) in [5.41, 5.74) is 10.3. The van der Waals surface area contributed by atoms with Crippen LogP contribution < -0.4 is 10.5 Å². The number of ether oxygens (including phenoxy) is 1. The Labute approximate surface area is 123 Å². The van der Waals surface area contributed by atoms with E-state index in [9.17, 15) is 0 Å². The first-order valence-corrected chi connectivity index (χ1v) is 7.19. The fourth-order valence-electron chi connectivity index (χ4n) is 3.01. The Morgan fingerprint density at radius 2 is 1.95 bits per heavy atom. The van der Waals surface area contributed by atoms with Crippen molar-refractivity contribution in [1.29, 1.82) is 0 Å². The molecule has 0 fully saturated rings. The number of aromatic nitrogens is 1. The summed E-state index contributed by atoms with van der Waals surface area (Å²) in [6.07, 6.45) is 2.84. The molecule has 0 bridgehead atoms. The van der Waals surface area contributed by atoms with E-state index in [0.29, 0.717) is 6.54 Å². The summed E-state index contributed by atoms with van der Waals surface area (Å²) in [5, 5.41) is 1.15. The van der Waals surface area contributed by atoms with E-state index in [-0.39, 0.29) is 6.10 Å². The number of hydrogen-bond acceptors (Lipinski definition) is 3. The molecule has 1 aliphatic rings. The number of nitrogens with two attached hydrogens (primary N) is 1. The number of nitrogens with zero attached hydrogens (tertiary/aromatic N) is 1. The van der Waals surface area contributed by atoms with Crippen LogP contribution in [0.1, 0.15) is 5.56 Å². The zero-order valence-electron chi connectivity index (χ0n) is 11.6. The van der Waals surface area contributed by atoms with Crippen LogP contribution >= 0.6 is 0 Å². The minimum Gasteiger partial charge on any atom is -0.488 e. The van der Waals surface area contributed by atoms with Gasteiger partial charge in [-0.25, -0.2) is 0 Å². The van der Waals surface area contributed by atoms with Gasteiger partial charge >= 0.3 is 0 Å². The Morgan fingerprint density at radius 1 is 1.05 bits per heavy atom. The van der Waals surface area contributed by atoms with Gasteiger partial charge in [-0.05, 0) is 23.3 Å². The van der Waals surface area contributed by atoms with Gasteiger partial charge in [0.25, 0.3) is 0 Å². The van der Waals surface area contributed by atoms with Gasteiger partial charge in [0.1, 0.15) is 11.9 Å². The molecule has 2 aromatic carbocycles. The third-order valence-corrected chi connectivity index (χ3v) is 4.03. The summed E-state index contributed by atoms with van der Waals surface area (Å²) >= 11 is 0. The lowest BCUT2D eigenvalue weighted by Gasteiger charge is -2.12. The predicted octanol–water partition coefficient (Wildman–Crippen LogP) is 3.16. The minimum atomic E-state index is 0.0919. The van der Waals surface area contributed by atoms with Gasteiger partial charge in [-0.3, -0.25) is 4.98 Å². The fourth-order valence-corrected chi connectivity index (χ4v) is 3.01. The lowest BCUT2D eigenvalue weighted by Crippen LogP contribution is -2.24. The van der Waals surface area contributed by atoms with Crippen molar-refractivity contribution in [2.45, 2.75) is 12.5 Å². The summed E-state index contributed by atoms with van der Waals surface area (Å²) in [7, 11) is 0. The van der Waals surface area contributed by atoms with Gasteiger partial charge in [0.2, 0.25) is 0 Å². The number of hydrogen-bond donors (Lipinski definition) is 1. The molecule has 21 heavy (non-hydrogen) atoms. The first-order valence-electron chi connectivity index (χ1n) is 7.19. The molecule has 4 rings (SSSR count). The van der Waals surface area contributed by atoms with E-state index in [4.69, 9.17) is 10.5 Å². The van der Waals surface area contributed by atoms with Crippen LogP contribution in [0.4, 0.5) is 0 Å². The topological polar surface area (TPSA) is 48.1 Å². The molecule has 3 aromatic rings. The molecular formula is C18H16N2O. The summed E-state index contributed by atoms with van der Waals surface area (Å²) in [6, 6.07) is 16.6. The van der Waals surface area contributed by atoms with Crippen molar-refractivity contribution < 1.29 is 4.74 Å². The molecule has 1 aromatic heterocycles. The maximum absolute atomic E-state index is 6.05. The first-order chi connectivity index (χ1) is 10.4. The Kier molecular flexibility index (Phi) is 2.86. The third-order valence-electron chi connectivity index (χ3n) is 4.03. The van der Waals surface area contributed by atoms with E-state index in [1.54, 1.807) is 0 Å². The molecule has 3 heteroatoms. The van der Waals surface area contributed by atoms with Crippen LogP contribution in [0, 0.1) is 0 Å².